The number of carboxylic acids is 1. The number of carbonyl (C=O) groups excluding carboxylic acids is 3. The number of fused-ring (bicyclic) bond motifs is 1. The number of nitrogens with one attached hydrogen (secondary N) is 2. The van der Waals surface area contributed by atoms with Crippen molar-refractivity contribution in [3.8, 4) is 0 Å². The summed E-state index contributed by atoms with van der Waals surface area (Å²) in [6, 6.07) is 28.9. The Bertz CT molecular complexity index is 2420. The third kappa shape index (κ3) is 9.74. The molecule has 2 aromatic heterocycles. The molecule has 4 heterocycles. The number of nitrogens with zero attached hydrogens (tertiary/aromatic N) is 4. The van der Waals surface area contributed by atoms with E-state index in [0.29, 0.717) is 38.8 Å². The number of rotatable bonds is 15. The molecule has 19 heteroatoms. The number of pyridine rings is 1. The maximum absolute atomic E-state index is 14.4. The topological polar surface area (TPSA) is 198 Å². The van der Waals surface area contributed by atoms with Gasteiger partial charge in [0.05, 0.1) is 0 Å². The van der Waals surface area contributed by atoms with E-state index in [1.54, 1.807) is 39.2 Å². The lowest BCUT2D eigenvalue weighted by atomic mass is 9.80. The third-order valence-corrected chi connectivity index (χ3v) is 14.2. The Morgan fingerprint density at radius 1 is 0.968 bits per heavy atom. The number of carboxylic acid groups (broad SMARTS) is 1. The van der Waals surface area contributed by atoms with Crippen molar-refractivity contribution in [1.29, 1.82) is 0 Å². The minimum Gasteiger partial charge on any atom is -0.477 e. The monoisotopic (exact) mass is 929 g/mol. The predicted octanol–water partition coefficient (Wildman–Crippen LogP) is 7.59. The number of alkyl carbamates (subject to hydrolysis) is 1. The first kappa shape index (κ1) is 44.5. The number of anilines is 1. The molecule has 320 valence electrons. The van der Waals surface area contributed by atoms with Gasteiger partial charge in [-0.2, -0.15) is 0 Å². The van der Waals surface area contributed by atoms with E-state index in [0.717, 1.165) is 16.2 Å². The molecule has 2 aliphatic rings. The van der Waals surface area contributed by atoms with Gasteiger partial charge in [0.15, 0.2) is 10.8 Å². The molecule has 2 atom stereocenters. The molecule has 1 saturated heterocycles. The average Bonchev–Trinajstić information content (AvgIpc) is 3.60. The van der Waals surface area contributed by atoms with E-state index >= 15 is 0 Å². The van der Waals surface area contributed by atoms with Crippen LogP contribution in [0, 0.1) is 0 Å². The SMILES string of the molecule is CC(C)(C)OC(=O)NCCSc1ccncc1SC1=C(C(=O)O)N2C(=O)[C@@H](NC(=O)C(=NOC(c3ccccc3)(c3ccccc3)c3ccccc3)c3nc(N)sc3Cl)[C@@H]2SC1. The highest BCUT2D eigenvalue weighted by Gasteiger charge is 2.55. The van der Waals surface area contributed by atoms with Crippen LogP contribution in [0.15, 0.2) is 135 Å². The van der Waals surface area contributed by atoms with Crippen molar-refractivity contribution in [1.82, 2.24) is 25.5 Å². The fraction of sp³-hybridized carbons (Fsp3) is 0.233. The first-order valence-corrected chi connectivity index (χ1v) is 23.1. The van der Waals surface area contributed by atoms with E-state index in [4.69, 9.17) is 26.9 Å². The summed E-state index contributed by atoms with van der Waals surface area (Å²) < 4.78 is 5.37. The number of hydrogen-bond acceptors (Lipinski definition) is 14. The van der Waals surface area contributed by atoms with Gasteiger partial charge in [0.2, 0.25) is 5.60 Å². The Kier molecular flexibility index (Phi) is 13.8. The van der Waals surface area contributed by atoms with Crippen molar-refractivity contribution in [3.05, 3.63) is 147 Å². The minimum atomic E-state index is -1.37. The summed E-state index contributed by atoms with van der Waals surface area (Å²) in [7, 11) is 0. The summed E-state index contributed by atoms with van der Waals surface area (Å²) in [5.74, 6) is -2.03. The van der Waals surface area contributed by atoms with Gasteiger partial charge in [-0.05, 0) is 26.8 Å². The van der Waals surface area contributed by atoms with Gasteiger partial charge in [-0.15, -0.1) is 23.5 Å². The van der Waals surface area contributed by atoms with Crippen molar-refractivity contribution >= 4 is 92.9 Å². The third-order valence-electron chi connectivity index (χ3n) is 9.29. The number of halogens is 1. The van der Waals surface area contributed by atoms with Crippen LogP contribution in [0.25, 0.3) is 0 Å². The Balaban J connectivity index is 1.14. The van der Waals surface area contributed by atoms with Crippen molar-refractivity contribution in [2.45, 2.75) is 53.2 Å². The van der Waals surface area contributed by atoms with Crippen molar-refractivity contribution < 1.29 is 33.9 Å². The summed E-state index contributed by atoms with van der Waals surface area (Å²) in [4.78, 5) is 71.5. The largest absolute Gasteiger partial charge is 0.477 e. The molecule has 0 spiro atoms. The first-order valence-electron chi connectivity index (χ1n) is 19.0. The van der Waals surface area contributed by atoms with Gasteiger partial charge < -0.3 is 31.0 Å². The van der Waals surface area contributed by atoms with E-state index in [1.807, 2.05) is 91.0 Å². The predicted molar refractivity (Wildman–Crippen MR) is 243 cm³/mol. The lowest BCUT2D eigenvalue weighted by Crippen LogP contribution is -2.71. The van der Waals surface area contributed by atoms with E-state index < -0.39 is 46.5 Å². The van der Waals surface area contributed by atoms with Gasteiger partial charge >= 0.3 is 12.1 Å². The zero-order valence-electron chi connectivity index (χ0n) is 33.4. The lowest BCUT2D eigenvalue weighted by Gasteiger charge is -2.49. The van der Waals surface area contributed by atoms with E-state index in [-0.39, 0.29) is 32.3 Å². The summed E-state index contributed by atoms with van der Waals surface area (Å²) in [5, 5.41) is 19.8. The molecule has 7 rings (SSSR count). The molecule has 2 aliphatic heterocycles. The number of ether oxygens (including phenoxy) is 1. The van der Waals surface area contributed by atoms with Crippen LogP contribution in [-0.2, 0) is 29.6 Å². The average molecular weight is 931 g/mol. The summed E-state index contributed by atoms with van der Waals surface area (Å²) in [6.07, 6.45) is 2.73. The second kappa shape index (κ2) is 19.2. The molecule has 0 radical (unpaired) electrons. The summed E-state index contributed by atoms with van der Waals surface area (Å²) in [6.45, 7) is 5.68. The van der Waals surface area contributed by atoms with Crippen LogP contribution in [0.5, 0.6) is 0 Å². The second-order valence-electron chi connectivity index (χ2n) is 14.6. The van der Waals surface area contributed by atoms with Crippen molar-refractivity contribution in [3.63, 3.8) is 0 Å². The van der Waals surface area contributed by atoms with Crippen LogP contribution in [0.4, 0.5) is 9.93 Å². The molecule has 1 fully saturated rings. The molecule has 0 unspecified atom stereocenters. The van der Waals surface area contributed by atoms with E-state index in [1.165, 1.54) is 40.2 Å². The fourth-order valence-electron chi connectivity index (χ4n) is 6.65. The Labute approximate surface area is 379 Å². The molecule has 14 nitrogen and oxygen atoms in total. The number of amides is 3. The molecule has 3 aromatic carbocycles. The number of carbonyl (C=O) groups is 4. The van der Waals surface area contributed by atoms with Crippen molar-refractivity contribution in [2.24, 2.45) is 5.16 Å². The number of oxime groups is 1. The maximum atomic E-state index is 14.4. The van der Waals surface area contributed by atoms with Gasteiger partial charge in [-0.3, -0.25) is 19.5 Å². The number of aromatic nitrogens is 2. The van der Waals surface area contributed by atoms with Crippen LogP contribution in [-0.4, -0.2) is 84.6 Å². The zero-order chi connectivity index (χ0) is 44.0. The zero-order valence-corrected chi connectivity index (χ0v) is 37.5. The number of thioether (sulfide) groups is 3. The number of nitrogens with two attached hydrogens (primary N) is 1. The van der Waals surface area contributed by atoms with Crippen LogP contribution < -0.4 is 16.4 Å². The van der Waals surface area contributed by atoms with E-state index in [2.05, 4.69) is 25.8 Å². The molecule has 5 N–H and O–H groups in total. The van der Waals surface area contributed by atoms with Gasteiger partial charge in [0, 0.05) is 61.8 Å². The highest BCUT2D eigenvalue weighted by molar-refractivity contribution is 8.07. The molecule has 3 amide bonds. The molecular weight excluding hydrogens is 890 g/mol. The van der Waals surface area contributed by atoms with Crippen LogP contribution in [0.2, 0.25) is 4.34 Å². The lowest BCUT2D eigenvalue weighted by molar-refractivity contribution is -0.150. The maximum Gasteiger partial charge on any atom is 0.407 e. The smallest absolute Gasteiger partial charge is 0.407 e. The standard InChI is InChI=1S/C43H40ClN7O7S4/c1-42(2,3)57-41(56)47-21-22-59-28-19-20-46-23-29(28)61-30-24-60-38-33(37(53)51(38)34(30)39(54)55)48-36(52)32(31-35(44)62-40(45)49-31)50-58-43(25-13-7-4-8-14-25,26-15-9-5-10-16-26)27-17-11-6-12-18-27/h4-20,23,33,38H,21-22,24H2,1-3H3,(H2,45,49)(H,47,56)(H,48,52)(H,54,55)/t33-,38+/m1/s1. The highest BCUT2D eigenvalue weighted by atomic mass is 35.5. The molecular formula is C43H40ClN7O7S4. The van der Waals surface area contributed by atoms with Gasteiger partial charge in [-0.25, -0.2) is 14.6 Å². The molecule has 62 heavy (non-hydrogen) atoms. The number of nitrogen functional groups attached to an aromatic ring is 1. The summed E-state index contributed by atoms with van der Waals surface area (Å²) in [5.41, 5.74) is 5.60. The molecule has 0 saturated carbocycles. The minimum absolute atomic E-state index is 0.0507. The van der Waals surface area contributed by atoms with Gasteiger partial charge in [0.25, 0.3) is 11.8 Å². The van der Waals surface area contributed by atoms with Gasteiger partial charge in [0.1, 0.15) is 32.7 Å². The molecule has 0 bridgehead atoms. The van der Waals surface area contributed by atoms with Gasteiger partial charge in [-0.1, -0.05) is 131 Å². The Morgan fingerprint density at radius 2 is 1.58 bits per heavy atom. The second-order valence-corrected chi connectivity index (χ2v) is 19.6. The molecule has 0 aliphatic carbocycles. The Morgan fingerprint density at radius 3 is 2.13 bits per heavy atom. The fourth-order valence-corrected chi connectivity index (χ4v) is 11.1. The normalized spacial score (nSPS) is 16.5. The van der Waals surface area contributed by atoms with Crippen LogP contribution in [0.1, 0.15) is 43.2 Å². The van der Waals surface area contributed by atoms with E-state index in [9.17, 15) is 24.3 Å². The number of hydrogen-bond donors (Lipinski definition) is 4. The van der Waals surface area contributed by atoms with Crippen molar-refractivity contribution in [2.75, 3.05) is 23.8 Å². The first-order chi connectivity index (χ1) is 29.8. The highest BCUT2D eigenvalue weighted by Crippen LogP contribution is 2.47. The Hall–Kier alpha value is -5.53. The van der Waals surface area contributed by atoms with Crippen LogP contribution >= 0.6 is 58.2 Å². The quantitative estimate of drug-likeness (QED) is 0.0200. The summed E-state index contributed by atoms with van der Waals surface area (Å²) >= 11 is 11.5. The molecule has 5 aromatic rings. The number of thiazole rings is 1. The number of aliphatic carboxylic acids is 1. The number of β-lactam (4-membered cyclic amide) rings is 1. The van der Waals surface area contributed by atoms with Crippen LogP contribution in [0.3, 0.4) is 0 Å². The number of benzene rings is 3.